The lowest BCUT2D eigenvalue weighted by Crippen LogP contribution is -2.47. The van der Waals surface area contributed by atoms with Crippen molar-refractivity contribution in [2.75, 3.05) is 32.0 Å². The van der Waals surface area contributed by atoms with Gasteiger partial charge in [0.1, 0.15) is 0 Å². The zero-order valence-corrected chi connectivity index (χ0v) is 13.6. The molecule has 0 aromatic heterocycles. The number of nitrogens with zero attached hydrogens (tertiary/aromatic N) is 1. The molecule has 2 aliphatic rings. The van der Waals surface area contributed by atoms with Crippen molar-refractivity contribution >= 4 is 17.8 Å². The van der Waals surface area contributed by atoms with Gasteiger partial charge in [-0.1, -0.05) is 24.3 Å². The third kappa shape index (κ3) is 3.58. The fraction of sp³-hybridized carbons (Fsp3) is 0.588. The van der Waals surface area contributed by atoms with Gasteiger partial charge in [-0.15, -0.1) is 0 Å². The minimum atomic E-state index is 0.0156. The summed E-state index contributed by atoms with van der Waals surface area (Å²) in [6.07, 6.45) is 3.13. The van der Waals surface area contributed by atoms with E-state index in [2.05, 4.69) is 29.6 Å². The Morgan fingerprint density at radius 2 is 2.27 bits per heavy atom. The average Bonchev–Trinajstić information content (AvgIpc) is 2.59. The number of aryl methyl sites for hydroxylation is 1. The lowest BCUT2D eigenvalue weighted by Gasteiger charge is -2.33. The van der Waals surface area contributed by atoms with E-state index in [4.69, 9.17) is 0 Å². The Kier molecular flexibility index (Phi) is 5.26. The molecule has 0 spiro atoms. The van der Waals surface area contributed by atoms with E-state index in [1.54, 1.807) is 0 Å². The molecule has 0 radical (unpaired) electrons. The number of benzene rings is 1. The Labute approximate surface area is 136 Å². The van der Waals surface area contributed by atoms with Crippen molar-refractivity contribution < 1.29 is 9.90 Å². The highest BCUT2D eigenvalue weighted by Crippen LogP contribution is 2.36. The van der Waals surface area contributed by atoms with Crippen molar-refractivity contribution in [3.63, 3.8) is 0 Å². The maximum atomic E-state index is 12.3. The smallest absolute Gasteiger partial charge is 0.317 e. The predicted molar refractivity (Wildman–Crippen MR) is 90.1 cm³/mol. The summed E-state index contributed by atoms with van der Waals surface area (Å²) in [5.74, 6) is 1.36. The molecule has 1 fully saturated rings. The van der Waals surface area contributed by atoms with E-state index in [1.807, 2.05) is 16.7 Å². The quantitative estimate of drug-likeness (QED) is 0.899. The summed E-state index contributed by atoms with van der Waals surface area (Å²) in [6, 6.07) is 8.56. The van der Waals surface area contributed by atoms with Crippen LogP contribution in [0.25, 0.3) is 0 Å². The molecule has 1 aromatic rings. The van der Waals surface area contributed by atoms with Gasteiger partial charge in [0.2, 0.25) is 0 Å². The number of hydrogen-bond acceptors (Lipinski definition) is 3. The first-order valence-corrected chi connectivity index (χ1v) is 9.16. The first-order valence-electron chi connectivity index (χ1n) is 8.11. The molecule has 1 saturated heterocycles. The standard InChI is InChI=1S/C17H24N2O2S/c20-12-13-4-3-8-19(11-13)17(21)18-10-16-15-6-2-1-5-14(15)7-9-22-16/h1-2,5-6,13,16,20H,3-4,7-12H2,(H,18,21)/t13-,16+/m1/s1. The Hall–Kier alpha value is -1.20. The maximum absolute atomic E-state index is 12.3. The van der Waals surface area contributed by atoms with Gasteiger partial charge in [0, 0.05) is 31.5 Å². The van der Waals surface area contributed by atoms with E-state index < -0.39 is 0 Å². The molecule has 3 rings (SSSR count). The second-order valence-corrected chi connectivity index (χ2v) is 7.44. The van der Waals surface area contributed by atoms with Crippen LogP contribution in [0.3, 0.4) is 0 Å². The van der Waals surface area contributed by atoms with Crippen LogP contribution in [0, 0.1) is 5.92 Å². The maximum Gasteiger partial charge on any atom is 0.317 e. The summed E-state index contributed by atoms with van der Waals surface area (Å²) in [5, 5.41) is 12.7. The molecule has 22 heavy (non-hydrogen) atoms. The number of carbonyl (C=O) groups is 1. The lowest BCUT2D eigenvalue weighted by atomic mass is 9.99. The summed E-state index contributed by atoms with van der Waals surface area (Å²) in [6.45, 7) is 2.34. The van der Waals surface area contributed by atoms with Gasteiger partial charge < -0.3 is 15.3 Å². The number of amides is 2. The van der Waals surface area contributed by atoms with Gasteiger partial charge in [-0.2, -0.15) is 11.8 Å². The van der Waals surface area contributed by atoms with Crippen LogP contribution in [0.1, 0.15) is 29.2 Å². The third-order valence-corrected chi connectivity index (χ3v) is 5.86. The minimum Gasteiger partial charge on any atom is -0.396 e. The fourth-order valence-corrected chi connectivity index (χ4v) is 4.57. The van der Waals surface area contributed by atoms with Crippen molar-refractivity contribution in [1.82, 2.24) is 10.2 Å². The molecule has 0 bridgehead atoms. The minimum absolute atomic E-state index is 0.0156. The first kappa shape index (κ1) is 15.7. The van der Waals surface area contributed by atoms with Gasteiger partial charge in [-0.25, -0.2) is 4.79 Å². The Balaban J connectivity index is 1.55. The molecule has 1 aromatic carbocycles. The zero-order valence-electron chi connectivity index (χ0n) is 12.8. The first-order chi connectivity index (χ1) is 10.8. The summed E-state index contributed by atoms with van der Waals surface area (Å²) in [4.78, 5) is 14.2. The van der Waals surface area contributed by atoms with Crippen molar-refractivity contribution in [1.29, 1.82) is 0 Å². The summed E-state index contributed by atoms with van der Waals surface area (Å²) >= 11 is 1.93. The monoisotopic (exact) mass is 320 g/mol. The van der Waals surface area contributed by atoms with Gasteiger partial charge in [-0.05, 0) is 42.1 Å². The molecule has 0 unspecified atom stereocenters. The van der Waals surface area contributed by atoms with Gasteiger partial charge in [-0.3, -0.25) is 0 Å². The molecule has 5 heteroatoms. The number of aliphatic hydroxyl groups excluding tert-OH is 1. The van der Waals surface area contributed by atoms with Crippen molar-refractivity contribution in [2.45, 2.75) is 24.5 Å². The predicted octanol–water partition coefficient (Wildman–Crippen LogP) is 2.43. The van der Waals surface area contributed by atoms with Crippen LogP contribution in [0.5, 0.6) is 0 Å². The molecule has 2 N–H and O–H groups in total. The number of piperidine rings is 1. The van der Waals surface area contributed by atoms with Gasteiger partial charge in [0.15, 0.2) is 0 Å². The Morgan fingerprint density at radius 1 is 1.41 bits per heavy atom. The van der Waals surface area contributed by atoms with Gasteiger partial charge >= 0.3 is 6.03 Å². The van der Waals surface area contributed by atoms with E-state index in [9.17, 15) is 9.90 Å². The Morgan fingerprint density at radius 3 is 3.14 bits per heavy atom. The van der Waals surface area contributed by atoms with Crippen LogP contribution in [0.4, 0.5) is 4.79 Å². The third-order valence-electron chi connectivity index (χ3n) is 4.60. The number of rotatable bonds is 3. The second kappa shape index (κ2) is 7.38. The molecule has 2 amide bonds. The van der Waals surface area contributed by atoms with Crippen LogP contribution < -0.4 is 5.32 Å². The molecule has 0 aliphatic carbocycles. The highest BCUT2D eigenvalue weighted by Gasteiger charge is 2.25. The highest BCUT2D eigenvalue weighted by molar-refractivity contribution is 7.99. The summed E-state index contributed by atoms with van der Waals surface area (Å²) < 4.78 is 0. The van der Waals surface area contributed by atoms with Crippen LogP contribution in [-0.2, 0) is 6.42 Å². The number of aliphatic hydroxyl groups is 1. The lowest BCUT2D eigenvalue weighted by molar-refractivity contribution is 0.129. The van der Waals surface area contributed by atoms with Crippen molar-refractivity contribution in [3.8, 4) is 0 Å². The van der Waals surface area contributed by atoms with Crippen LogP contribution in [-0.4, -0.2) is 48.0 Å². The van der Waals surface area contributed by atoms with E-state index >= 15 is 0 Å². The van der Waals surface area contributed by atoms with Crippen molar-refractivity contribution in [2.24, 2.45) is 5.92 Å². The number of urea groups is 1. The van der Waals surface area contributed by atoms with Gasteiger partial charge in [0.25, 0.3) is 0 Å². The number of carbonyl (C=O) groups excluding carboxylic acids is 1. The fourth-order valence-electron chi connectivity index (χ4n) is 3.34. The molecular weight excluding hydrogens is 296 g/mol. The number of nitrogens with one attached hydrogen (secondary N) is 1. The molecule has 2 aliphatic heterocycles. The Bertz CT molecular complexity index is 523. The van der Waals surface area contributed by atoms with E-state index in [0.717, 1.165) is 31.6 Å². The number of likely N-dealkylation sites (tertiary alicyclic amines) is 1. The molecule has 2 atom stereocenters. The van der Waals surface area contributed by atoms with E-state index in [0.29, 0.717) is 18.3 Å². The topological polar surface area (TPSA) is 52.6 Å². The van der Waals surface area contributed by atoms with Gasteiger partial charge in [0.05, 0.1) is 0 Å². The van der Waals surface area contributed by atoms with E-state index in [1.165, 1.54) is 11.1 Å². The summed E-state index contributed by atoms with van der Waals surface area (Å²) in [5.41, 5.74) is 2.78. The zero-order chi connectivity index (χ0) is 15.4. The number of hydrogen-bond donors (Lipinski definition) is 2. The van der Waals surface area contributed by atoms with E-state index in [-0.39, 0.29) is 18.6 Å². The number of fused-ring (bicyclic) bond motifs is 1. The SMILES string of the molecule is O=C(NC[C@@H]1SCCc2ccccc21)N1CCC[C@@H](CO)C1. The molecule has 0 saturated carbocycles. The molecule has 120 valence electrons. The molecule has 2 heterocycles. The normalized spacial score (nSPS) is 24.7. The molecular formula is C17H24N2O2S. The van der Waals surface area contributed by atoms with Crippen LogP contribution in [0.2, 0.25) is 0 Å². The number of thioether (sulfide) groups is 1. The van der Waals surface area contributed by atoms with Crippen LogP contribution >= 0.6 is 11.8 Å². The second-order valence-electron chi connectivity index (χ2n) is 6.13. The van der Waals surface area contributed by atoms with Crippen LogP contribution in [0.15, 0.2) is 24.3 Å². The summed E-state index contributed by atoms with van der Waals surface area (Å²) in [7, 11) is 0. The largest absolute Gasteiger partial charge is 0.396 e. The average molecular weight is 320 g/mol. The highest BCUT2D eigenvalue weighted by atomic mass is 32.2. The van der Waals surface area contributed by atoms with Crippen molar-refractivity contribution in [3.05, 3.63) is 35.4 Å². The molecule has 4 nitrogen and oxygen atoms in total.